The van der Waals surface area contributed by atoms with Crippen molar-refractivity contribution in [3.63, 3.8) is 0 Å². The Morgan fingerprint density at radius 1 is 1.36 bits per heavy atom. The van der Waals surface area contributed by atoms with Crippen LogP contribution in [0.3, 0.4) is 0 Å². The van der Waals surface area contributed by atoms with E-state index in [0.29, 0.717) is 12.3 Å². The number of ether oxygens (including phenoxy) is 1. The molecular weight excluding hydrogens is 280 g/mol. The maximum absolute atomic E-state index is 12.6. The van der Waals surface area contributed by atoms with Crippen molar-refractivity contribution in [2.24, 2.45) is 7.05 Å². The van der Waals surface area contributed by atoms with E-state index >= 15 is 0 Å². The Kier molecular flexibility index (Phi) is 4.13. The first-order chi connectivity index (χ1) is 10.6. The standard InChI is InChI=1S/C16H22N4O2/c1-4-22-14-10-19(2)9-12(14)17-16(21)15-11-7-5-6-8-13(11)20(3)18-15/h5-8,12,14H,4,9-10H2,1-3H3,(H,17,21)/t12-,14-/m0/s1. The molecule has 0 unspecified atom stereocenters. The number of amides is 1. The Hall–Kier alpha value is -1.92. The predicted octanol–water partition coefficient (Wildman–Crippen LogP) is 1.02. The molecule has 3 rings (SSSR count). The van der Waals surface area contributed by atoms with Crippen molar-refractivity contribution >= 4 is 16.8 Å². The number of para-hydroxylation sites is 1. The molecule has 1 aliphatic rings. The van der Waals surface area contributed by atoms with Crippen LogP contribution in [0.1, 0.15) is 17.4 Å². The molecule has 1 aromatic carbocycles. The van der Waals surface area contributed by atoms with E-state index in [-0.39, 0.29) is 18.1 Å². The summed E-state index contributed by atoms with van der Waals surface area (Å²) in [5.74, 6) is -0.137. The van der Waals surface area contributed by atoms with Crippen LogP contribution in [0.25, 0.3) is 10.9 Å². The lowest BCUT2D eigenvalue weighted by atomic mass is 10.1. The van der Waals surface area contributed by atoms with Crippen molar-refractivity contribution in [1.29, 1.82) is 0 Å². The number of rotatable bonds is 4. The second kappa shape index (κ2) is 6.06. The Morgan fingerprint density at radius 3 is 2.91 bits per heavy atom. The Labute approximate surface area is 130 Å². The van der Waals surface area contributed by atoms with Crippen molar-refractivity contribution < 1.29 is 9.53 Å². The zero-order valence-electron chi connectivity index (χ0n) is 13.2. The van der Waals surface area contributed by atoms with Gasteiger partial charge in [-0.3, -0.25) is 9.48 Å². The normalized spacial score (nSPS) is 22.3. The van der Waals surface area contributed by atoms with Crippen molar-refractivity contribution in [3.05, 3.63) is 30.0 Å². The molecule has 22 heavy (non-hydrogen) atoms. The summed E-state index contributed by atoms with van der Waals surface area (Å²) in [6.45, 7) is 4.25. The summed E-state index contributed by atoms with van der Waals surface area (Å²) < 4.78 is 7.47. The number of hydrogen-bond acceptors (Lipinski definition) is 4. The largest absolute Gasteiger partial charge is 0.375 e. The molecule has 118 valence electrons. The first-order valence-corrected chi connectivity index (χ1v) is 7.63. The predicted molar refractivity (Wildman–Crippen MR) is 84.9 cm³/mol. The number of fused-ring (bicyclic) bond motifs is 1. The van der Waals surface area contributed by atoms with Crippen LogP contribution in [0.2, 0.25) is 0 Å². The Balaban J connectivity index is 1.81. The highest BCUT2D eigenvalue weighted by Gasteiger charge is 2.33. The van der Waals surface area contributed by atoms with Crippen molar-refractivity contribution in [2.45, 2.75) is 19.1 Å². The van der Waals surface area contributed by atoms with Crippen LogP contribution < -0.4 is 5.32 Å². The van der Waals surface area contributed by atoms with Gasteiger partial charge in [0.15, 0.2) is 5.69 Å². The van der Waals surface area contributed by atoms with Gasteiger partial charge in [-0.1, -0.05) is 18.2 Å². The molecule has 0 bridgehead atoms. The summed E-state index contributed by atoms with van der Waals surface area (Å²) in [7, 11) is 3.89. The van der Waals surface area contributed by atoms with Gasteiger partial charge in [-0.15, -0.1) is 0 Å². The van der Waals surface area contributed by atoms with E-state index in [2.05, 4.69) is 15.3 Å². The van der Waals surface area contributed by atoms with Crippen LogP contribution in [-0.4, -0.2) is 59.5 Å². The molecule has 1 saturated heterocycles. The molecule has 1 amide bonds. The topological polar surface area (TPSA) is 59.4 Å². The molecule has 0 spiro atoms. The fourth-order valence-corrected chi connectivity index (χ4v) is 3.10. The summed E-state index contributed by atoms with van der Waals surface area (Å²) in [5.41, 5.74) is 1.43. The third kappa shape index (κ3) is 2.71. The molecule has 2 aromatic rings. The summed E-state index contributed by atoms with van der Waals surface area (Å²) in [5, 5.41) is 8.33. The number of hydrogen-bond donors (Lipinski definition) is 1. The van der Waals surface area contributed by atoms with Gasteiger partial charge in [-0.05, 0) is 20.0 Å². The first kappa shape index (κ1) is 15.0. The fraction of sp³-hybridized carbons (Fsp3) is 0.500. The van der Waals surface area contributed by atoms with Gasteiger partial charge in [0, 0.05) is 32.1 Å². The molecular formula is C16H22N4O2. The van der Waals surface area contributed by atoms with Gasteiger partial charge < -0.3 is 15.0 Å². The maximum atomic E-state index is 12.6. The second-order valence-electron chi connectivity index (χ2n) is 5.78. The number of carbonyl (C=O) groups is 1. The summed E-state index contributed by atoms with van der Waals surface area (Å²) >= 11 is 0. The van der Waals surface area contributed by atoms with E-state index in [1.807, 2.05) is 45.3 Å². The quantitative estimate of drug-likeness (QED) is 0.916. The van der Waals surface area contributed by atoms with E-state index in [1.165, 1.54) is 0 Å². The van der Waals surface area contributed by atoms with Crippen LogP contribution in [-0.2, 0) is 11.8 Å². The van der Waals surface area contributed by atoms with Gasteiger partial charge in [0.05, 0.1) is 17.7 Å². The fourth-order valence-electron chi connectivity index (χ4n) is 3.10. The highest BCUT2D eigenvalue weighted by atomic mass is 16.5. The number of carbonyl (C=O) groups excluding carboxylic acids is 1. The lowest BCUT2D eigenvalue weighted by molar-refractivity contribution is 0.0512. The molecule has 2 atom stereocenters. The number of aryl methyl sites for hydroxylation is 1. The number of nitrogens with one attached hydrogen (secondary N) is 1. The van der Waals surface area contributed by atoms with E-state index in [0.717, 1.165) is 24.0 Å². The molecule has 0 radical (unpaired) electrons. The molecule has 0 aliphatic carbocycles. The molecule has 2 heterocycles. The van der Waals surface area contributed by atoms with E-state index in [1.54, 1.807) is 4.68 Å². The lowest BCUT2D eigenvalue weighted by Crippen LogP contribution is -2.44. The van der Waals surface area contributed by atoms with Crippen LogP contribution in [0.4, 0.5) is 0 Å². The lowest BCUT2D eigenvalue weighted by Gasteiger charge is -2.19. The van der Waals surface area contributed by atoms with Crippen LogP contribution in [0.5, 0.6) is 0 Å². The number of likely N-dealkylation sites (tertiary alicyclic amines) is 1. The van der Waals surface area contributed by atoms with Crippen LogP contribution in [0.15, 0.2) is 24.3 Å². The van der Waals surface area contributed by atoms with Gasteiger partial charge in [-0.2, -0.15) is 5.10 Å². The minimum absolute atomic E-state index is 0.00165. The third-order valence-corrected chi connectivity index (χ3v) is 4.12. The molecule has 0 saturated carbocycles. The van der Waals surface area contributed by atoms with E-state index in [4.69, 9.17) is 4.74 Å². The zero-order valence-corrected chi connectivity index (χ0v) is 13.2. The third-order valence-electron chi connectivity index (χ3n) is 4.12. The average molecular weight is 302 g/mol. The number of aromatic nitrogens is 2. The zero-order chi connectivity index (χ0) is 15.7. The average Bonchev–Trinajstić information content (AvgIpc) is 3.01. The van der Waals surface area contributed by atoms with E-state index in [9.17, 15) is 4.79 Å². The van der Waals surface area contributed by atoms with Gasteiger partial charge in [-0.25, -0.2) is 0 Å². The Bertz CT molecular complexity index is 682. The maximum Gasteiger partial charge on any atom is 0.272 e. The number of nitrogens with zero attached hydrogens (tertiary/aromatic N) is 3. The molecule has 6 nitrogen and oxygen atoms in total. The van der Waals surface area contributed by atoms with Gasteiger partial charge in [0.2, 0.25) is 0 Å². The van der Waals surface area contributed by atoms with Crippen molar-refractivity contribution in [2.75, 3.05) is 26.7 Å². The van der Waals surface area contributed by atoms with Gasteiger partial charge in [0.25, 0.3) is 5.91 Å². The van der Waals surface area contributed by atoms with Gasteiger partial charge in [0.1, 0.15) is 0 Å². The molecule has 6 heteroatoms. The highest BCUT2D eigenvalue weighted by molar-refractivity contribution is 6.05. The smallest absolute Gasteiger partial charge is 0.272 e. The Morgan fingerprint density at radius 2 is 2.14 bits per heavy atom. The molecule has 1 fully saturated rings. The number of benzene rings is 1. The van der Waals surface area contributed by atoms with Crippen molar-refractivity contribution in [3.8, 4) is 0 Å². The van der Waals surface area contributed by atoms with E-state index < -0.39 is 0 Å². The second-order valence-corrected chi connectivity index (χ2v) is 5.78. The SMILES string of the molecule is CCO[C@H]1CN(C)C[C@@H]1NC(=O)c1nn(C)c2ccccc12. The highest BCUT2D eigenvalue weighted by Crippen LogP contribution is 2.18. The molecule has 1 aliphatic heterocycles. The summed E-state index contributed by atoms with van der Waals surface area (Å²) in [4.78, 5) is 14.8. The summed E-state index contributed by atoms with van der Waals surface area (Å²) in [6, 6.07) is 7.76. The molecule has 1 N–H and O–H groups in total. The monoisotopic (exact) mass is 302 g/mol. The van der Waals surface area contributed by atoms with Crippen molar-refractivity contribution in [1.82, 2.24) is 20.0 Å². The minimum atomic E-state index is -0.137. The van der Waals surface area contributed by atoms with Crippen LogP contribution >= 0.6 is 0 Å². The summed E-state index contributed by atoms with van der Waals surface area (Å²) in [6.07, 6.45) is 0.0360. The number of likely N-dealkylation sites (N-methyl/N-ethyl adjacent to an activating group) is 1. The van der Waals surface area contributed by atoms with Gasteiger partial charge >= 0.3 is 0 Å². The minimum Gasteiger partial charge on any atom is -0.375 e. The van der Waals surface area contributed by atoms with Crippen LogP contribution in [0, 0.1) is 0 Å². The first-order valence-electron chi connectivity index (χ1n) is 7.63. The molecule has 1 aromatic heterocycles.